The average Bonchev–Trinajstić information content (AvgIpc) is 2.61. The van der Waals surface area contributed by atoms with Crippen molar-refractivity contribution in [3.05, 3.63) is 46.3 Å². The van der Waals surface area contributed by atoms with Crippen LogP contribution in [0.15, 0.2) is 30.6 Å². The van der Waals surface area contributed by atoms with Gasteiger partial charge in [-0.2, -0.15) is 15.5 Å². The van der Waals surface area contributed by atoms with Crippen LogP contribution in [0.25, 0.3) is 0 Å². The summed E-state index contributed by atoms with van der Waals surface area (Å²) in [4.78, 5) is 19.8. The maximum Gasteiger partial charge on any atom is 0.373 e. The highest BCUT2D eigenvalue weighted by Gasteiger charge is 2.28. The van der Waals surface area contributed by atoms with Crippen molar-refractivity contribution in [2.45, 2.75) is 19.8 Å². The van der Waals surface area contributed by atoms with Gasteiger partial charge in [0, 0.05) is 0 Å². The molecule has 0 saturated heterocycles. The molecule has 0 N–H and O–H groups in total. The number of aromatic nitrogens is 2. The third-order valence-electron chi connectivity index (χ3n) is 3.54. The first kappa shape index (κ1) is 18.6. The second-order valence-corrected chi connectivity index (χ2v) is 5.61. The monoisotopic (exact) mass is 352 g/mol. The molecule has 0 atom stereocenters. The van der Waals surface area contributed by atoms with Crippen LogP contribution in [0.5, 0.6) is 11.6 Å². The maximum atomic E-state index is 11.5. The molecule has 0 radical (unpaired) electrons. The fourth-order valence-electron chi connectivity index (χ4n) is 2.23. The van der Waals surface area contributed by atoms with Gasteiger partial charge in [0.05, 0.1) is 17.1 Å². The third kappa shape index (κ3) is 4.22. The second-order valence-electron chi connectivity index (χ2n) is 5.61. The van der Waals surface area contributed by atoms with Crippen LogP contribution < -0.4 is 9.64 Å². The predicted molar refractivity (Wildman–Crippen MR) is 92.7 cm³/mol. The summed E-state index contributed by atoms with van der Waals surface area (Å²) in [5.41, 5.74) is 0.607. The van der Waals surface area contributed by atoms with Gasteiger partial charge in [-0.1, -0.05) is 26.0 Å². The first-order chi connectivity index (χ1) is 12.5. The van der Waals surface area contributed by atoms with Crippen molar-refractivity contribution in [2.24, 2.45) is 0 Å². The van der Waals surface area contributed by atoms with Gasteiger partial charge in [-0.3, -0.25) is 10.1 Å². The van der Waals surface area contributed by atoms with Crippen LogP contribution in [-0.4, -0.2) is 28.0 Å². The van der Waals surface area contributed by atoms with Gasteiger partial charge in [-0.25, -0.2) is 4.98 Å². The summed E-state index contributed by atoms with van der Waals surface area (Å²) >= 11 is 0. The molecule has 9 heteroatoms. The fraction of sp³-hybridized carbons (Fsp3) is 0.294. The Morgan fingerprint density at radius 2 is 1.81 bits per heavy atom. The third-order valence-corrected chi connectivity index (χ3v) is 3.54. The van der Waals surface area contributed by atoms with Gasteiger partial charge < -0.3 is 9.64 Å². The van der Waals surface area contributed by atoms with Gasteiger partial charge in [0.15, 0.2) is 0 Å². The minimum atomic E-state index is -0.686. The van der Waals surface area contributed by atoms with Crippen LogP contribution in [0, 0.1) is 32.8 Å². The standard InChI is InChI=1S/C17H16N6O3/c1-12(2)13-3-5-14(6-4-13)26-17-15(23(24)25)16(20-11-21-17)22(9-7-18)10-8-19/h3-6,11-12H,9-10H2,1-2H3. The van der Waals surface area contributed by atoms with E-state index in [0.29, 0.717) is 11.7 Å². The van der Waals surface area contributed by atoms with E-state index in [2.05, 4.69) is 23.8 Å². The molecule has 0 unspecified atom stereocenters. The molecule has 0 spiro atoms. The van der Waals surface area contributed by atoms with E-state index in [1.54, 1.807) is 12.1 Å². The molecule has 0 aliphatic carbocycles. The van der Waals surface area contributed by atoms with E-state index >= 15 is 0 Å². The van der Waals surface area contributed by atoms with Crippen LogP contribution in [-0.2, 0) is 0 Å². The Morgan fingerprint density at radius 3 is 2.31 bits per heavy atom. The van der Waals surface area contributed by atoms with Gasteiger partial charge >= 0.3 is 11.6 Å². The van der Waals surface area contributed by atoms with Crippen LogP contribution in [0.2, 0.25) is 0 Å². The Bertz CT molecular complexity index is 852. The molecule has 1 heterocycles. The van der Waals surface area contributed by atoms with Gasteiger partial charge in [0.2, 0.25) is 5.82 Å². The van der Waals surface area contributed by atoms with E-state index in [9.17, 15) is 10.1 Å². The Hall–Kier alpha value is -3.72. The summed E-state index contributed by atoms with van der Waals surface area (Å²) in [6, 6.07) is 10.8. The molecule has 0 bridgehead atoms. The molecule has 0 aliphatic heterocycles. The molecule has 2 aromatic rings. The number of ether oxygens (including phenoxy) is 1. The smallest absolute Gasteiger partial charge is 0.373 e. The lowest BCUT2D eigenvalue weighted by atomic mass is 10.0. The van der Waals surface area contributed by atoms with Crippen LogP contribution in [0.4, 0.5) is 11.5 Å². The van der Waals surface area contributed by atoms with Crippen molar-refractivity contribution >= 4 is 11.5 Å². The summed E-state index contributed by atoms with van der Waals surface area (Å²) < 4.78 is 5.57. The zero-order valence-electron chi connectivity index (χ0n) is 14.3. The Morgan fingerprint density at radius 1 is 1.19 bits per heavy atom. The largest absolute Gasteiger partial charge is 0.434 e. The van der Waals surface area contributed by atoms with E-state index < -0.39 is 10.6 Å². The Labute approximate surface area is 150 Å². The predicted octanol–water partition coefficient (Wildman–Crippen LogP) is 3.15. The molecular formula is C17H16N6O3. The van der Waals surface area contributed by atoms with Gasteiger partial charge in [0.1, 0.15) is 25.2 Å². The summed E-state index contributed by atoms with van der Waals surface area (Å²) in [7, 11) is 0. The number of hydrogen-bond donors (Lipinski definition) is 0. The number of benzene rings is 1. The van der Waals surface area contributed by atoms with E-state index in [1.165, 1.54) is 4.90 Å². The molecule has 0 saturated carbocycles. The van der Waals surface area contributed by atoms with Crippen LogP contribution >= 0.6 is 0 Å². The second kappa shape index (κ2) is 8.40. The molecular weight excluding hydrogens is 336 g/mol. The molecule has 0 amide bonds. The van der Waals surface area contributed by atoms with Gasteiger partial charge in [0.25, 0.3) is 0 Å². The fourth-order valence-corrected chi connectivity index (χ4v) is 2.23. The van der Waals surface area contributed by atoms with Crippen molar-refractivity contribution in [1.82, 2.24) is 9.97 Å². The highest BCUT2D eigenvalue weighted by Crippen LogP contribution is 2.36. The summed E-state index contributed by atoms with van der Waals surface area (Å²) in [5, 5.41) is 29.3. The number of nitrogens with zero attached hydrogens (tertiary/aromatic N) is 6. The van der Waals surface area contributed by atoms with E-state index in [-0.39, 0.29) is 24.8 Å². The minimum Gasteiger partial charge on any atom is -0.434 e. The van der Waals surface area contributed by atoms with Gasteiger partial charge in [-0.05, 0) is 23.6 Å². The highest BCUT2D eigenvalue weighted by molar-refractivity contribution is 5.64. The molecule has 9 nitrogen and oxygen atoms in total. The van der Waals surface area contributed by atoms with E-state index in [1.807, 2.05) is 24.3 Å². The number of nitro groups is 1. The topological polar surface area (TPSA) is 129 Å². The number of nitriles is 2. The number of hydrogen-bond acceptors (Lipinski definition) is 8. The molecule has 0 aliphatic rings. The molecule has 132 valence electrons. The Balaban J connectivity index is 2.42. The first-order valence-electron chi connectivity index (χ1n) is 7.74. The first-order valence-corrected chi connectivity index (χ1v) is 7.74. The van der Waals surface area contributed by atoms with Crippen molar-refractivity contribution in [2.75, 3.05) is 18.0 Å². The molecule has 1 aromatic heterocycles. The molecule has 2 rings (SSSR count). The van der Waals surface area contributed by atoms with Crippen molar-refractivity contribution in [3.63, 3.8) is 0 Å². The van der Waals surface area contributed by atoms with Crippen molar-refractivity contribution in [1.29, 1.82) is 10.5 Å². The SMILES string of the molecule is CC(C)c1ccc(Oc2ncnc(N(CC#N)CC#N)c2[N+](=O)[O-])cc1. The lowest BCUT2D eigenvalue weighted by molar-refractivity contribution is -0.385. The molecule has 1 aromatic carbocycles. The normalized spacial score (nSPS) is 10.0. The molecule has 26 heavy (non-hydrogen) atoms. The quantitative estimate of drug-likeness (QED) is 0.422. The number of anilines is 1. The highest BCUT2D eigenvalue weighted by atomic mass is 16.6. The van der Waals surface area contributed by atoms with Gasteiger partial charge in [-0.15, -0.1) is 0 Å². The van der Waals surface area contributed by atoms with Crippen LogP contribution in [0.1, 0.15) is 25.3 Å². The lowest BCUT2D eigenvalue weighted by Gasteiger charge is -2.17. The number of rotatable bonds is 7. The molecule has 0 fully saturated rings. The van der Waals surface area contributed by atoms with E-state index in [0.717, 1.165) is 11.9 Å². The summed E-state index contributed by atoms with van der Waals surface area (Å²) in [6.45, 7) is 3.65. The minimum absolute atomic E-state index is 0.137. The average molecular weight is 352 g/mol. The lowest BCUT2D eigenvalue weighted by Crippen LogP contribution is -2.26. The van der Waals surface area contributed by atoms with E-state index in [4.69, 9.17) is 15.3 Å². The van der Waals surface area contributed by atoms with Crippen LogP contribution in [0.3, 0.4) is 0 Å². The maximum absolute atomic E-state index is 11.5. The summed E-state index contributed by atoms with van der Waals surface area (Å²) in [6.07, 6.45) is 1.10. The zero-order valence-corrected chi connectivity index (χ0v) is 14.3. The van der Waals surface area contributed by atoms with Crippen molar-refractivity contribution in [3.8, 4) is 23.8 Å². The summed E-state index contributed by atoms with van der Waals surface area (Å²) in [5.74, 6) is 0.337. The zero-order chi connectivity index (χ0) is 19.1. The Kier molecular flexibility index (Phi) is 6.01. The van der Waals surface area contributed by atoms with Crippen molar-refractivity contribution < 1.29 is 9.66 Å².